The highest BCUT2D eigenvalue weighted by molar-refractivity contribution is 5.89. The Morgan fingerprint density at radius 1 is 1.00 bits per heavy atom. The Labute approximate surface area is 156 Å². The molecule has 146 valence electrons. The smallest absolute Gasteiger partial charge is 0.344 e. The number of esters is 1. The van der Waals surface area contributed by atoms with Crippen molar-refractivity contribution in [3.05, 3.63) is 29.8 Å². The summed E-state index contributed by atoms with van der Waals surface area (Å²) in [5.41, 5.74) is -0.146. The van der Waals surface area contributed by atoms with E-state index in [4.69, 9.17) is 9.47 Å². The van der Waals surface area contributed by atoms with Crippen molar-refractivity contribution in [3.8, 4) is 5.75 Å². The number of ether oxygens (including phenoxy) is 2. The van der Waals surface area contributed by atoms with Crippen molar-refractivity contribution in [3.63, 3.8) is 0 Å². The lowest BCUT2D eigenvalue weighted by Gasteiger charge is -2.19. The average Bonchev–Trinajstić information content (AvgIpc) is 2.55. The van der Waals surface area contributed by atoms with Crippen molar-refractivity contribution >= 4 is 11.9 Å². The van der Waals surface area contributed by atoms with Gasteiger partial charge in [0.1, 0.15) is 11.4 Å². The van der Waals surface area contributed by atoms with Crippen molar-refractivity contribution < 1.29 is 24.2 Å². The van der Waals surface area contributed by atoms with Crippen LogP contribution in [-0.4, -0.2) is 28.8 Å². The molecule has 0 spiro atoms. The van der Waals surface area contributed by atoms with Gasteiger partial charge in [-0.1, -0.05) is 39.0 Å². The molecular formula is C21H32O5. The van der Waals surface area contributed by atoms with E-state index < -0.39 is 23.6 Å². The molecule has 0 aromatic heterocycles. The molecule has 26 heavy (non-hydrogen) atoms. The minimum Gasteiger partial charge on any atom is -0.479 e. The van der Waals surface area contributed by atoms with Gasteiger partial charge in [-0.3, -0.25) is 0 Å². The number of carboxylic acid groups (broad SMARTS) is 1. The van der Waals surface area contributed by atoms with E-state index in [0.717, 1.165) is 19.3 Å². The van der Waals surface area contributed by atoms with E-state index in [2.05, 4.69) is 6.92 Å². The van der Waals surface area contributed by atoms with Crippen molar-refractivity contribution in [1.29, 1.82) is 0 Å². The summed E-state index contributed by atoms with van der Waals surface area (Å²) in [6, 6.07) is 6.40. The summed E-state index contributed by atoms with van der Waals surface area (Å²) in [4.78, 5) is 23.4. The molecule has 0 radical (unpaired) electrons. The highest BCUT2D eigenvalue weighted by Crippen LogP contribution is 2.19. The Balaban J connectivity index is 2.53. The molecule has 0 aliphatic heterocycles. The van der Waals surface area contributed by atoms with Crippen molar-refractivity contribution in [2.24, 2.45) is 0 Å². The summed E-state index contributed by atoms with van der Waals surface area (Å²) in [5.74, 6) is -0.934. The third-order valence-corrected chi connectivity index (χ3v) is 3.86. The molecule has 5 nitrogen and oxygen atoms in total. The molecule has 0 saturated heterocycles. The quantitative estimate of drug-likeness (QED) is 0.430. The summed E-state index contributed by atoms with van der Waals surface area (Å²) < 4.78 is 10.9. The molecule has 1 aromatic rings. The Morgan fingerprint density at radius 3 is 2.12 bits per heavy atom. The van der Waals surface area contributed by atoms with Gasteiger partial charge in [0.2, 0.25) is 0 Å². The van der Waals surface area contributed by atoms with Crippen LogP contribution in [0, 0.1) is 0 Å². The fourth-order valence-electron chi connectivity index (χ4n) is 2.51. The average molecular weight is 364 g/mol. The SMILES string of the molecule is CCCCCCCCC(Oc1ccc(C(=O)OC(C)(C)C)cc1)C(=O)O. The molecule has 1 rings (SSSR count). The first-order chi connectivity index (χ1) is 12.2. The first kappa shape index (κ1) is 22.0. The maximum atomic E-state index is 12.0. The fourth-order valence-corrected chi connectivity index (χ4v) is 2.51. The summed E-state index contributed by atoms with van der Waals surface area (Å²) >= 11 is 0. The standard InChI is InChI=1S/C21H32O5/c1-5-6-7-8-9-10-11-18(19(22)23)25-17-14-12-16(13-15-17)20(24)26-21(2,3)4/h12-15,18H,5-11H2,1-4H3,(H,22,23). The fraction of sp³-hybridized carbons (Fsp3) is 0.619. The predicted molar refractivity (Wildman–Crippen MR) is 102 cm³/mol. The van der Waals surface area contributed by atoms with E-state index in [1.54, 1.807) is 24.3 Å². The van der Waals surface area contributed by atoms with Gasteiger partial charge in [-0.25, -0.2) is 9.59 Å². The van der Waals surface area contributed by atoms with Crippen LogP contribution in [0.3, 0.4) is 0 Å². The maximum absolute atomic E-state index is 12.0. The highest BCUT2D eigenvalue weighted by atomic mass is 16.6. The molecule has 0 fully saturated rings. The zero-order chi connectivity index (χ0) is 19.6. The molecule has 0 aliphatic rings. The number of hydrogen-bond acceptors (Lipinski definition) is 4. The lowest BCUT2D eigenvalue weighted by molar-refractivity contribution is -0.145. The van der Waals surface area contributed by atoms with Gasteiger partial charge < -0.3 is 14.6 Å². The lowest BCUT2D eigenvalue weighted by Crippen LogP contribution is -2.27. The van der Waals surface area contributed by atoms with Crippen LogP contribution in [0.5, 0.6) is 5.75 Å². The predicted octanol–water partition coefficient (Wildman–Crippen LogP) is 5.22. The second-order valence-electron chi connectivity index (χ2n) is 7.53. The van der Waals surface area contributed by atoms with Gasteiger partial charge in [0, 0.05) is 0 Å². The second-order valence-corrected chi connectivity index (χ2v) is 7.53. The summed E-state index contributed by atoms with van der Waals surface area (Å²) in [7, 11) is 0. The topological polar surface area (TPSA) is 72.8 Å². The Kier molecular flexibility index (Phi) is 9.17. The van der Waals surface area contributed by atoms with Crippen LogP contribution in [0.1, 0.15) is 83.0 Å². The second kappa shape index (κ2) is 10.8. The van der Waals surface area contributed by atoms with E-state index in [1.165, 1.54) is 19.3 Å². The zero-order valence-corrected chi connectivity index (χ0v) is 16.4. The number of rotatable bonds is 11. The number of hydrogen-bond donors (Lipinski definition) is 1. The molecule has 0 aliphatic carbocycles. The van der Waals surface area contributed by atoms with Crippen LogP contribution in [0.15, 0.2) is 24.3 Å². The Hall–Kier alpha value is -2.04. The van der Waals surface area contributed by atoms with Gasteiger partial charge in [-0.05, 0) is 57.9 Å². The first-order valence-corrected chi connectivity index (χ1v) is 9.46. The monoisotopic (exact) mass is 364 g/mol. The van der Waals surface area contributed by atoms with Gasteiger partial charge in [-0.2, -0.15) is 0 Å². The number of carbonyl (C=O) groups is 2. The molecule has 1 aromatic carbocycles. The summed E-state index contributed by atoms with van der Waals surface area (Å²) in [5, 5.41) is 9.35. The molecule has 5 heteroatoms. The number of benzene rings is 1. The van der Waals surface area contributed by atoms with Crippen LogP contribution in [0.2, 0.25) is 0 Å². The molecular weight excluding hydrogens is 332 g/mol. The van der Waals surface area contributed by atoms with Crippen molar-refractivity contribution in [2.45, 2.75) is 84.3 Å². The Morgan fingerprint density at radius 2 is 1.58 bits per heavy atom. The zero-order valence-electron chi connectivity index (χ0n) is 16.4. The number of aliphatic carboxylic acids is 1. The number of carboxylic acids is 1. The maximum Gasteiger partial charge on any atom is 0.344 e. The molecule has 0 heterocycles. The highest BCUT2D eigenvalue weighted by Gasteiger charge is 2.20. The number of unbranched alkanes of at least 4 members (excludes halogenated alkanes) is 5. The minimum atomic E-state index is -0.963. The number of carbonyl (C=O) groups excluding carboxylic acids is 1. The molecule has 1 unspecified atom stereocenters. The summed E-state index contributed by atoms with van der Waals surface area (Å²) in [6.07, 6.45) is 6.21. The van der Waals surface area contributed by atoms with Gasteiger partial charge in [0.05, 0.1) is 5.56 Å². The van der Waals surface area contributed by atoms with E-state index in [9.17, 15) is 14.7 Å². The van der Waals surface area contributed by atoms with E-state index in [1.807, 2.05) is 20.8 Å². The van der Waals surface area contributed by atoms with E-state index >= 15 is 0 Å². The van der Waals surface area contributed by atoms with Crippen LogP contribution in [0.4, 0.5) is 0 Å². The van der Waals surface area contributed by atoms with Crippen LogP contribution >= 0.6 is 0 Å². The van der Waals surface area contributed by atoms with Gasteiger partial charge >= 0.3 is 11.9 Å². The van der Waals surface area contributed by atoms with Crippen molar-refractivity contribution in [1.82, 2.24) is 0 Å². The molecule has 0 saturated carbocycles. The summed E-state index contributed by atoms with van der Waals surface area (Å²) in [6.45, 7) is 7.59. The lowest BCUT2D eigenvalue weighted by atomic mass is 10.1. The Bertz CT molecular complexity index is 557. The third-order valence-electron chi connectivity index (χ3n) is 3.86. The first-order valence-electron chi connectivity index (χ1n) is 9.46. The normalized spacial score (nSPS) is 12.5. The molecule has 0 amide bonds. The van der Waals surface area contributed by atoms with Crippen LogP contribution < -0.4 is 4.74 Å². The van der Waals surface area contributed by atoms with Gasteiger partial charge in [0.15, 0.2) is 6.10 Å². The van der Waals surface area contributed by atoms with Crippen LogP contribution in [-0.2, 0) is 9.53 Å². The van der Waals surface area contributed by atoms with Crippen LogP contribution in [0.25, 0.3) is 0 Å². The van der Waals surface area contributed by atoms with E-state index in [0.29, 0.717) is 17.7 Å². The molecule has 1 atom stereocenters. The van der Waals surface area contributed by atoms with Gasteiger partial charge in [0.25, 0.3) is 0 Å². The van der Waals surface area contributed by atoms with E-state index in [-0.39, 0.29) is 0 Å². The largest absolute Gasteiger partial charge is 0.479 e. The van der Waals surface area contributed by atoms with Crippen molar-refractivity contribution in [2.75, 3.05) is 0 Å². The molecule has 0 bridgehead atoms. The third kappa shape index (κ3) is 8.88. The molecule has 1 N–H and O–H groups in total. The van der Waals surface area contributed by atoms with Gasteiger partial charge in [-0.15, -0.1) is 0 Å². The minimum absolute atomic E-state index is 0.411.